The Labute approximate surface area is 112 Å². The van der Waals surface area contributed by atoms with E-state index in [4.69, 9.17) is 11.0 Å². The van der Waals surface area contributed by atoms with Crippen molar-refractivity contribution in [3.63, 3.8) is 0 Å². The van der Waals surface area contributed by atoms with Crippen molar-refractivity contribution in [1.82, 2.24) is 9.78 Å². The molecule has 0 fully saturated rings. The summed E-state index contributed by atoms with van der Waals surface area (Å²) in [5, 5.41) is 16.5. The van der Waals surface area contributed by atoms with Crippen LogP contribution in [0.25, 0.3) is 0 Å². The maximum Gasteiger partial charge on any atom is 0.0992 e. The first kappa shape index (κ1) is 13.0. The number of aryl methyl sites for hydroxylation is 2. The van der Waals surface area contributed by atoms with E-state index < -0.39 is 0 Å². The molecule has 1 heterocycles. The quantitative estimate of drug-likeness (QED) is 0.819. The minimum absolute atomic E-state index is 0.568. The predicted octanol–water partition coefficient (Wildman–Crippen LogP) is 2.05. The summed E-state index contributed by atoms with van der Waals surface area (Å²) in [6, 6.07) is 7.32. The molecule has 0 spiro atoms. The van der Waals surface area contributed by atoms with Gasteiger partial charge in [0, 0.05) is 25.4 Å². The van der Waals surface area contributed by atoms with Crippen LogP contribution in [0.2, 0.25) is 0 Å². The van der Waals surface area contributed by atoms with Crippen molar-refractivity contribution in [2.24, 2.45) is 7.05 Å². The summed E-state index contributed by atoms with van der Waals surface area (Å²) in [6.45, 7) is 2.76. The third kappa shape index (κ3) is 2.86. The molecule has 0 atom stereocenters. The molecule has 0 saturated heterocycles. The fourth-order valence-corrected chi connectivity index (χ4v) is 2.01. The van der Waals surface area contributed by atoms with Gasteiger partial charge in [0.1, 0.15) is 0 Å². The highest BCUT2D eigenvalue weighted by Gasteiger charge is 2.06. The maximum absolute atomic E-state index is 8.79. The van der Waals surface area contributed by atoms with E-state index >= 15 is 0 Å². The van der Waals surface area contributed by atoms with Crippen molar-refractivity contribution in [3.8, 4) is 6.07 Å². The summed E-state index contributed by atoms with van der Waals surface area (Å²) in [6.07, 6.45) is 2.91. The van der Waals surface area contributed by atoms with Crippen LogP contribution in [0.4, 0.5) is 11.4 Å². The molecule has 3 N–H and O–H groups in total. The fourth-order valence-electron chi connectivity index (χ4n) is 2.01. The van der Waals surface area contributed by atoms with Gasteiger partial charge in [-0.1, -0.05) is 6.92 Å². The van der Waals surface area contributed by atoms with Crippen LogP contribution in [-0.2, 0) is 20.0 Å². The minimum Gasteiger partial charge on any atom is -0.397 e. The Morgan fingerprint density at radius 1 is 1.47 bits per heavy atom. The average molecular weight is 255 g/mol. The van der Waals surface area contributed by atoms with E-state index in [1.54, 1.807) is 12.1 Å². The topological polar surface area (TPSA) is 79.7 Å². The van der Waals surface area contributed by atoms with Crippen molar-refractivity contribution >= 4 is 11.4 Å². The lowest BCUT2D eigenvalue weighted by molar-refractivity contribution is 0.746. The van der Waals surface area contributed by atoms with Crippen molar-refractivity contribution in [3.05, 3.63) is 41.2 Å². The van der Waals surface area contributed by atoms with E-state index in [1.807, 2.05) is 24.0 Å². The normalized spacial score (nSPS) is 10.2. The molecule has 0 aliphatic rings. The number of nitrogens with one attached hydrogen (secondary N) is 1. The second-order valence-corrected chi connectivity index (χ2v) is 4.40. The van der Waals surface area contributed by atoms with E-state index in [0.717, 1.165) is 23.4 Å². The Bertz CT molecular complexity index is 621. The average Bonchev–Trinajstić information content (AvgIpc) is 2.77. The zero-order valence-electron chi connectivity index (χ0n) is 11.1. The first-order valence-electron chi connectivity index (χ1n) is 6.19. The van der Waals surface area contributed by atoms with Gasteiger partial charge >= 0.3 is 0 Å². The Morgan fingerprint density at radius 3 is 2.89 bits per heavy atom. The third-order valence-electron chi connectivity index (χ3n) is 2.98. The van der Waals surface area contributed by atoms with E-state index in [0.29, 0.717) is 17.8 Å². The number of nitrogens with zero attached hydrogens (tertiary/aromatic N) is 3. The minimum atomic E-state index is 0.568. The zero-order chi connectivity index (χ0) is 13.8. The number of rotatable bonds is 4. The highest BCUT2D eigenvalue weighted by Crippen LogP contribution is 2.20. The van der Waals surface area contributed by atoms with Crippen molar-refractivity contribution in [2.75, 3.05) is 11.1 Å². The van der Waals surface area contributed by atoms with Gasteiger partial charge in [-0.05, 0) is 24.6 Å². The molecule has 5 heteroatoms. The van der Waals surface area contributed by atoms with E-state index in [1.165, 1.54) is 0 Å². The van der Waals surface area contributed by atoms with Crippen molar-refractivity contribution < 1.29 is 0 Å². The number of nitrogens with two attached hydrogens (primary N) is 1. The molecule has 19 heavy (non-hydrogen) atoms. The largest absolute Gasteiger partial charge is 0.397 e. The highest BCUT2D eigenvalue weighted by atomic mass is 15.3. The van der Waals surface area contributed by atoms with E-state index in [2.05, 4.69) is 23.4 Å². The Kier molecular flexibility index (Phi) is 3.71. The van der Waals surface area contributed by atoms with Crippen molar-refractivity contribution in [2.45, 2.75) is 19.9 Å². The number of nitriles is 1. The van der Waals surface area contributed by atoms with Gasteiger partial charge in [-0.25, -0.2) is 0 Å². The molecule has 0 saturated carbocycles. The molecule has 5 nitrogen and oxygen atoms in total. The standard InChI is InChI=1S/C14H17N5/c1-3-13-11(9-19(2)18-13)8-17-14-5-4-10(7-15)6-12(14)16/h4-6,9,17H,3,8,16H2,1-2H3. The SMILES string of the molecule is CCc1nn(C)cc1CNc1ccc(C#N)cc1N. The predicted molar refractivity (Wildman–Crippen MR) is 75.5 cm³/mol. The summed E-state index contributed by atoms with van der Waals surface area (Å²) in [5.74, 6) is 0. The zero-order valence-corrected chi connectivity index (χ0v) is 11.1. The molecular formula is C14H17N5. The first-order valence-corrected chi connectivity index (χ1v) is 6.19. The van der Waals surface area contributed by atoms with Gasteiger partial charge in [-0.15, -0.1) is 0 Å². The van der Waals surface area contributed by atoms with Gasteiger partial charge in [-0.2, -0.15) is 10.4 Å². The summed E-state index contributed by atoms with van der Waals surface area (Å²) < 4.78 is 1.82. The molecule has 0 amide bonds. The van der Waals surface area contributed by atoms with Gasteiger partial charge in [0.2, 0.25) is 0 Å². The van der Waals surface area contributed by atoms with Gasteiger partial charge in [0.05, 0.1) is 28.7 Å². The van der Waals surface area contributed by atoms with Crippen LogP contribution in [-0.4, -0.2) is 9.78 Å². The molecule has 0 bridgehead atoms. The molecule has 0 aliphatic heterocycles. The van der Waals surface area contributed by atoms with Crippen LogP contribution >= 0.6 is 0 Å². The molecule has 2 rings (SSSR count). The Balaban J connectivity index is 2.12. The summed E-state index contributed by atoms with van der Waals surface area (Å²) in [7, 11) is 1.92. The fraction of sp³-hybridized carbons (Fsp3) is 0.286. The molecule has 1 aromatic heterocycles. The Hall–Kier alpha value is -2.48. The van der Waals surface area contributed by atoms with Gasteiger partial charge in [-0.3, -0.25) is 4.68 Å². The van der Waals surface area contributed by atoms with Crippen LogP contribution in [0.1, 0.15) is 23.7 Å². The number of anilines is 2. The lowest BCUT2D eigenvalue weighted by Gasteiger charge is -2.09. The van der Waals surface area contributed by atoms with Crippen LogP contribution in [0.15, 0.2) is 24.4 Å². The van der Waals surface area contributed by atoms with Crippen LogP contribution in [0, 0.1) is 11.3 Å². The molecule has 1 aromatic carbocycles. The van der Waals surface area contributed by atoms with Gasteiger partial charge in [0.25, 0.3) is 0 Å². The lowest BCUT2D eigenvalue weighted by Crippen LogP contribution is -2.03. The van der Waals surface area contributed by atoms with E-state index in [-0.39, 0.29) is 0 Å². The number of benzene rings is 1. The molecule has 0 radical (unpaired) electrons. The maximum atomic E-state index is 8.79. The van der Waals surface area contributed by atoms with Crippen LogP contribution < -0.4 is 11.1 Å². The lowest BCUT2D eigenvalue weighted by atomic mass is 10.1. The summed E-state index contributed by atoms with van der Waals surface area (Å²) in [5.41, 5.74) is 10.1. The monoisotopic (exact) mass is 255 g/mol. The first-order chi connectivity index (χ1) is 9.13. The number of hydrogen-bond donors (Lipinski definition) is 2. The van der Waals surface area contributed by atoms with Crippen LogP contribution in [0.5, 0.6) is 0 Å². The Morgan fingerprint density at radius 2 is 2.26 bits per heavy atom. The number of hydrogen-bond acceptors (Lipinski definition) is 4. The molecule has 0 unspecified atom stereocenters. The summed E-state index contributed by atoms with van der Waals surface area (Å²) >= 11 is 0. The summed E-state index contributed by atoms with van der Waals surface area (Å²) in [4.78, 5) is 0. The molecule has 98 valence electrons. The van der Waals surface area contributed by atoms with Crippen LogP contribution in [0.3, 0.4) is 0 Å². The smallest absolute Gasteiger partial charge is 0.0992 e. The van der Waals surface area contributed by atoms with Crippen molar-refractivity contribution in [1.29, 1.82) is 5.26 Å². The highest BCUT2D eigenvalue weighted by molar-refractivity contribution is 5.68. The number of aromatic nitrogens is 2. The molecule has 2 aromatic rings. The third-order valence-corrected chi connectivity index (χ3v) is 2.98. The second-order valence-electron chi connectivity index (χ2n) is 4.40. The van der Waals surface area contributed by atoms with E-state index in [9.17, 15) is 0 Å². The molecule has 0 aliphatic carbocycles. The van der Waals surface area contributed by atoms with Gasteiger partial charge in [0.15, 0.2) is 0 Å². The molecular weight excluding hydrogens is 238 g/mol. The second kappa shape index (κ2) is 5.44. The van der Waals surface area contributed by atoms with Gasteiger partial charge < -0.3 is 11.1 Å². The number of nitrogen functional groups attached to an aromatic ring is 1.